The van der Waals surface area contributed by atoms with Gasteiger partial charge < -0.3 is 24.2 Å². The van der Waals surface area contributed by atoms with E-state index in [0.717, 1.165) is 36.6 Å². The highest BCUT2D eigenvalue weighted by Gasteiger charge is 2.33. The minimum Gasteiger partial charge on any atom is -0.461 e. The molecule has 2 saturated heterocycles. The lowest BCUT2D eigenvalue weighted by atomic mass is 10.0. The van der Waals surface area contributed by atoms with Crippen LogP contribution in [0.15, 0.2) is 55.1 Å². The topological polar surface area (TPSA) is 98.1 Å². The number of nitriles is 1. The molecule has 0 N–H and O–H groups in total. The molecule has 0 unspecified atom stereocenters. The predicted octanol–water partition coefficient (Wildman–Crippen LogP) is 3.41. The number of nitrogens with zero attached hydrogens (tertiary/aromatic N) is 7. The van der Waals surface area contributed by atoms with Crippen LogP contribution in [0.2, 0.25) is 0 Å². The van der Waals surface area contributed by atoms with E-state index in [9.17, 15) is 10.1 Å². The quantitative estimate of drug-likeness (QED) is 0.389. The first-order chi connectivity index (χ1) is 20.9. The lowest BCUT2D eigenvalue weighted by Crippen LogP contribution is -2.55. The molecule has 2 fully saturated rings. The molecule has 0 saturated carbocycles. The summed E-state index contributed by atoms with van der Waals surface area (Å²) in [5.74, 6) is 0.688. The number of hydrogen-bond acceptors (Lipinski definition) is 9. The Balaban J connectivity index is 1.31. The number of fused-ring (bicyclic) bond motifs is 2. The van der Waals surface area contributed by atoms with Gasteiger partial charge in [0.1, 0.15) is 18.5 Å². The summed E-state index contributed by atoms with van der Waals surface area (Å²) in [6.07, 6.45) is 2.28. The number of likely N-dealkylation sites (N-methyl/N-ethyl adjacent to an activating group) is 1. The molecule has 0 spiro atoms. The monoisotopic (exact) mass is 581 g/mol. The molecular weight excluding hydrogens is 542 g/mol. The molecule has 2 aromatic carbocycles. The zero-order valence-corrected chi connectivity index (χ0v) is 25.0. The highest BCUT2D eigenvalue weighted by atomic mass is 16.5. The molecule has 10 nitrogen and oxygen atoms in total. The number of piperazine rings is 1. The second-order valence-electron chi connectivity index (χ2n) is 11.7. The minimum atomic E-state index is -0.247. The molecule has 10 heteroatoms. The lowest BCUT2D eigenvalue weighted by Gasteiger charge is -2.42. The van der Waals surface area contributed by atoms with Gasteiger partial charge in [0.2, 0.25) is 5.91 Å². The van der Waals surface area contributed by atoms with E-state index in [0.29, 0.717) is 51.4 Å². The largest absolute Gasteiger partial charge is 0.461 e. The van der Waals surface area contributed by atoms with Gasteiger partial charge in [0.15, 0.2) is 0 Å². The minimum absolute atomic E-state index is 0.0649. The molecule has 1 amide bonds. The molecule has 0 aliphatic carbocycles. The summed E-state index contributed by atoms with van der Waals surface area (Å²) < 4.78 is 12.3. The van der Waals surface area contributed by atoms with Gasteiger partial charge in [-0.05, 0) is 37.9 Å². The molecule has 3 aromatic rings. The summed E-state index contributed by atoms with van der Waals surface area (Å²) in [7, 11) is 2.10. The van der Waals surface area contributed by atoms with Crippen molar-refractivity contribution in [2.75, 3.05) is 62.8 Å². The van der Waals surface area contributed by atoms with Crippen LogP contribution in [0.5, 0.6) is 6.01 Å². The molecule has 4 heterocycles. The maximum atomic E-state index is 12.5. The smallest absolute Gasteiger partial charge is 0.318 e. The SMILES string of the molecule is C=CC(=O)N1CCN(c2nc(OC[C@H]3CN(C)[C@H](C)CO3)nc3c2CCN(c2cccc4ccccc24)C3)C[C@@H]1CC#N. The number of morpholine rings is 1. The van der Waals surface area contributed by atoms with Gasteiger partial charge in [-0.15, -0.1) is 0 Å². The molecule has 3 aliphatic rings. The van der Waals surface area contributed by atoms with Gasteiger partial charge in [-0.2, -0.15) is 15.2 Å². The number of aromatic nitrogens is 2. The number of hydrogen-bond donors (Lipinski definition) is 0. The highest BCUT2D eigenvalue weighted by Crippen LogP contribution is 2.35. The molecule has 1 aromatic heterocycles. The molecule has 6 rings (SSSR count). The summed E-state index contributed by atoms with van der Waals surface area (Å²) in [6, 6.07) is 17.6. The van der Waals surface area contributed by atoms with Crippen molar-refractivity contribution in [1.82, 2.24) is 19.8 Å². The third kappa shape index (κ3) is 6.01. The van der Waals surface area contributed by atoms with E-state index < -0.39 is 0 Å². The van der Waals surface area contributed by atoms with E-state index >= 15 is 0 Å². The fraction of sp³-hybridized carbons (Fsp3) is 0.455. The number of anilines is 2. The van der Waals surface area contributed by atoms with Crippen molar-refractivity contribution in [3.8, 4) is 12.1 Å². The molecule has 3 atom stereocenters. The van der Waals surface area contributed by atoms with Gasteiger partial charge in [-0.3, -0.25) is 9.69 Å². The first kappa shape index (κ1) is 28.9. The van der Waals surface area contributed by atoms with Gasteiger partial charge in [0, 0.05) is 55.4 Å². The van der Waals surface area contributed by atoms with Crippen LogP contribution in [0.1, 0.15) is 24.6 Å². The van der Waals surface area contributed by atoms with Crippen LogP contribution in [0, 0.1) is 11.3 Å². The van der Waals surface area contributed by atoms with Crippen molar-refractivity contribution >= 4 is 28.2 Å². The summed E-state index contributed by atoms with van der Waals surface area (Å²) >= 11 is 0. The molecule has 0 radical (unpaired) electrons. The third-order valence-electron chi connectivity index (χ3n) is 8.91. The van der Waals surface area contributed by atoms with Crippen LogP contribution in [0.3, 0.4) is 0 Å². The number of ether oxygens (including phenoxy) is 2. The summed E-state index contributed by atoms with van der Waals surface area (Å²) in [6.45, 7) is 10.7. The first-order valence-corrected chi connectivity index (χ1v) is 15.1. The van der Waals surface area contributed by atoms with Crippen LogP contribution < -0.4 is 14.5 Å². The summed E-state index contributed by atoms with van der Waals surface area (Å²) in [5, 5.41) is 12.0. The van der Waals surface area contributed by atoms with Crippen LogP contribution >= 0.6 is 0 Å². The second kappa shape index (κ2) is 12.6. The van der Waals surface area contributed by atoms with Crippen molar-refractivity contribution in [2.45, 2.75) is 44.5 Å². The predicted molar refractivity (Wildman–Crippen MR) is 166 cm³/mol. The van der Waals surface area contributed by atoms with Gasteiger partial charge in [0.05, 0.1) is 37.4 Å². The van der Waals surface area contributed by atoms with Gasteiger partial charge in [-0.25, -0.2) is 0 Å². The van der Waals surface area contributed by atoms with Crippen LogP contribution in [-0.4, -0.2) is 96.8 Å². The molecule has 43 heavy (non-hydrogen) atoms. The summed E-state index contributed by atoms with van der Waals surface area (Å²) in [4.78, 5) is 31.1. The van der Waals surface area contributed by atoms with E-state index in [-0.39, 0.29) is 24.5 Å². The number of carbonyl (C=O) groups is 1. The van der Waals surface area contributed by atoms with Crippen LogP contribution in [-0.2, 0) is 22.5 Å². The number of carbonyl (C=O) groups excluding carboxylic acids is 1. The Hall–Kier alpha value is -4.20. The van der Waals surface area contributed by atoms with E-state index in [1.165, 1.54) is 22.5 Å². The molecule has 0 bridgehead atoms. The van der Waals surface area contributed by atoms with E-state index in [1.807, 2.05) is 0 Å². The average Bonchev–Trinajstić information content (AvgIpc) is 3.04. The lowest BCUT2D eigenvalue weighted by molar-refractivity contribution is -0.128. The standard InChI is InChI=1S/C33H39N7O3/c1-4-31(41)40-17-16-39(18-25(40)12-14-34)32-28-13-15-38(30-11-7-9-24-8-5-6-10-27(24)30)20-29(28)35-33(36-32)43-22-26-19-37(3)23(2)21-42-26/h4-11,23,25-26H,1,12-13,15-22H2,2-3H3/t23-,25+,26-/m1/s1. The Labute approximate surface area is 253 Å². The van der Waals surface area contributed by atoms with E-state index in [1.54, 1.807) is 4.90 Å². The van der Waals surface area contributed by atoms with Crippen molar-refractivity contribution in [2.24, 2.45) is 0 Å². The molecule has 3 aliphatic heterocycles. The van der Waals surface area contributed by atoms with Crippen molar-refractivity contribution in [3.63, 3.8) is 0 Å². The summed E-state index contributed by atoms with van der Waals surface area (Å²) in [5.41, 5.74) is 3.23. The van der Waals surface area contributed by atoms with E-state index in [2.05, 4.69) is 83.8 Å². The van der Waals surface area contributed by atoms with Crippen molar-refractivity contribution in [1.29, 1.82) is 5.26 Å². The Bertz CT molecular complexity index is 1530. The maximum Gasteiger partial charge on any atom is 0.318 e. The molecular formula is C33H39N7O3. The maximum absolute atomic E-state index is 12.5. The van der Waals surface area contributed by atoms with E-state index in [4.69, 9.17) is 19.4 Å². The first-order valence-electron chi connectivity index (χ1n) is 15.1. The fourth-order valence-corrected chi connectivity index (χ4v) is 6.36. The van der Waals surface area contributed by atoms with Crippen molar-refractivity contribution in [3.05, 3.63) is 66.4 Å². The fourth-order valence-electron chi connectivity index (χ4n) is 6.36. The molecule has 224 valence electrons. The highest BCUT2D eigenvalue weighted by molar-refractivity contribution is 5.94. The Morgan fingerprint density at radius 1 is 1.14 bits per heavy atom. The number of benzene rings is 2. The van der Waals surface area contributed by atoms with Crippen LogP contribution in [0.25, 0.3) is 10.8 Å². The Kier molecular flexibility index (Phi) is 8.45. The van der Waals surface area contributed by atoms with Gasteiger partial charge in [-0.1, -0.05) is 43.0 Å². The zero-order chi connectivity index (χ0) is 29.9. The van der Waals surface area contributed by atoms with Gasteiger partial charge >= 0.3 is 6.01 Å². The Morgan fingerprint density at radius 2 is 1.98 bits per heavy atom. The van der Waals surface area contributed by atoms with Crippen molar-refractivity contribution < 1.29 is 14.3 Å². The normalized spacial score (nSPS) is 22.6. The average molecular weight is 582 g/mol. The Morgan fingerprint density at radius 3 is 2.79 bits per heavy atom. The second-order valence-corrected chi connectivity index (χ2v) is 11.7. The zero-order valence-electron chi connectivity index (χ0n) is 25.0. The van der Waals surface area contributed by atoms with Gasteiger partial charge in [0.25, 0.3) is 0 Å². The number of rotatable bonds is 7. The van der Waals surface area contributed by atoms with Crippen LogP contribution in [0.4, 0.5) is 11.5 Å². The third-order valence-corrected chi connectivity index (χ3v) is 8.91. The number of amides is 1.